The van der Waals surface area contributed by atoms with Crippen LogP contribution in [0.1, 0.15) is 45.6 Å². The van der Waals surface area contributed by atoms with Gasteiger partial charge in [0.15, 0.2) is 5.96 Å². The number of nitrogens with zero attached hydrogens (tertiary/aromatic N) is 3. The standard InChI is InChI=1S/C21H37N5O2S.HI/c1-5-22-21(23-13-16-26-14-7-6-8-15-26)24-17-19-9-11-20(12-10-19)29(27,28)25(4)18(2)3;/h9-12,18H,5-8,13-17H2,1-4H3,(H2,22,23,24);1H. The molecule has 2 rings (SSSR count). The zero-order valence-electron chi connectivity index (χ0n) is 18.7. The first-order valence-electron chi connectivity index (χ1n) is 10.7. The summed E-state index contributed by atoms with van der Waals surface area (Å²) in [6.45, 7) is 11.3. The maximum absolute atomic E-state index is 12.6. The van der Waals surface area contributed by atoms with E-state index in [1.165, 1.54) is 36.7 Å². The van der Waals surface area contributed by atoms with Gasteiger partial charge >= 0.3 is 0 Å². The summed E-state index contributed by atoms with van der Waals surface area (Å²) < 4.78 is 26.5. The second-order valence-corrected chi connectivity index (χ2v) is 9.78. The molecule has 1 saturated heterocycles. The third-order valence-electron chi connectivity index (χ3n) is 5.26. The largest absolute Gasteiger partial charge is 0.357 e. The molecule has 1 aliphatic rings. The molecule has 0 unspecified atom stereocenters. The summed E-state index contributed by atoms with van der Waals surface area (Å²) in [4.78, 5) is 7.44. The van der Waals surface area contributed by atoms with Gasteiger partial charge in [0.05, 0.1) is 11.4 Å². The van der Waals surface area contributed by atoms with E-state index in [4.69, 9.17) is 0 Å². The van der Waals surface area contributed by atoms with Crippen molar-refractivity contribution in [1.29, 1.82) is 0 Å². The summed E-state index contributed by atoms with van der Waals surface area (Å²) in [5.74, 6) is 0.792. The van der Waals surface area contributed by atoms with Crippen LogP contribution in [0.4, 0.5) is 0 Å². The molecule has 172 valence electrons. The van der Waals surface area contributed by atoms with E-state index in [1.807, 2.05) is 32.9 Å². The molecular weight excluding hydrogens is 513 g/mol. The van der Waals surface area contributed by atoms with Crippen molar-refractivity contribution < 1.29 is 8.42 Å². The minimum absolute atomic E-state index is 0. The first kappa shape index (κ1) is 27.1. The Hall–Kier alpha value is -0.910. The predicted octanol–water partition coefficient (Wildman–Crippen LogP) is 2.87. The summed E-state index contributed by atoms with van der Waals surface area (Å²) in [7, 11) is -1.84. The van der Waals surface area contributed by atoms with Gasteiger partial charge in [0.25, 0.3) is 0 Å². The lowest BCUT2D eigenvalue weighted by atomic mass is 10.1. The molecule has 2 N–H and O–H groups in total. The first-order valence-corrected chi connectivity index (χ1v) is 12.1. The molecule has 1 aliphatic heterocycles. The Labute approximate surface area is 199 Å². The van der Waals surface area contributed by atoms with Crippen LogP contribution in [0, 0.1) is 0 Å². The zero-order valence-corrected chi connectivity index (χ0v) is 21.9. The lowest BCUT2D eigenvalue weighted by Crippen LogP contribution is -2.42. The smallest absolute Gasteiger partial charge is 0.243 e. The van der Waals surface area contributed by atoms with E-state index >= 15 is 0 Å². The summed E-state index contributed by atoms with van der Waals surface area (Å²) in [5, 5.41) is 6.67. The highest BCUT2D eigenvalue weighted by atomic mass is 127. The van der Waals surface area contributed by atoms with Crippen molar-refractivity contribution in [3.05, 3.63) is 29.8 Å². The monoisotopic (exact) mass is 551 g/mol. The Morgan fingerprint density at radius 3 is 2.33 bits per heavy atom. The maximum atomic E-state index is 12.6. The number of piperidine rings is 1. The van der Waals surface area contributed by atoms with E-state index in [0.29, 0.717) is 11.4 Å². The van der Waals surface area contributed by atoms with Crippen molar-refractivity contribution >= 4 is 40.0 Å². The number of halogens is 1. The van der Waals surface area contributed by atoms with Crippen LogP contribution in [-0.2, 0) is 16.6 Å². The van der Waals surface area contributed by atoms with Gasteiger partial charge in [-0.15, -0.1) is 24.0 Å². The zero-order chi connectivity index (χ0) is 21.3. The summed E-state index contributed by atoms with van der Waals surface area (Å²) in [5.41, 5.74) is 0.976. The normalized spacial score (nSPS) is 15.9. The Bertz CT molecular complexity index is 747. The van der Waals surface area contributed by atoms with Gasteiger partial charge in [-0.2, -0.15) is 4.31 Å². The molecule has 7 nitrogen and oxygen atoms in total. The van der Waals surface area contributed by atoms with E-state index in [1.54, 1.807) is 19.2 Å². The molecule has 0 amide bonds. The molecule has 0 radical (unpaired) electrons. The molecule has 1 fully saturated rings. The van der Waals surface area contributed by atoms with Crippen molar-refractivity contribution in [3.63, 3.8) is 0 Å². The number of sulfonamides is 1. The molecule has 0 aromatic heterocycles. The van der Waals surface area contributed by atoms with E-state index < -0.39 is 10.0 Å². The Morgan fingerprint density at radius 2 is 1.77 bits per heavy atom. The lowest BCUT2D eigenvalue weighted by Gasteiger charge is -2.26. The Balaban J connectivity index is 0.00000450. The average Bonchev–Trinajstić information content (AvgIpc) is 2.72. The van der Waals surface area contributed by atoms with Gasteiger partial charge in [-0.05, 0) is 64.4 Å². The molecule has 1 aromatic carbocycles. The number of benzene rings is 1. The van der Waals surface area contributed by atoms with Crippen LogP contribution in [0.15, 0.2) is 34.2 Å². The van der Waals surface area contributed by atoms with Gasteiger partial charge in [0.2, 0.25) is 10.0 Å². The molecule has 0 bridgehead atoms. The molecule has 0 saturated carbocycles. The molecule has 1 aromatic rings. The van der Waals surface area contributed by atoms with Crippen molar-refractivity contribution in [2.75, 3.05) is 39.8 Å². The maximum Gasteiger partial charge on any atom is 0.243 e. The van der Waals surface area contributed by atoms with Crippen LogP contribution in [0.2, 0.25) is 0 Å². The van der Waals surface area contributed by atoms with E-state index in [9.17, 15) is 8.42 Å². The minimum Gasteiger partial charge on any atom is -0.357 e. The summed E-state index contributed by atoms with van der Waals surface area (Å²) >= 11 is 0. The molecule has 0 aliphatic carbocycles. The Morgan fingerprint density at radius 1 is 1.13 bits per heavy atom. The topological polar surface area (TPSA) is 77.0 Å². The number of likely N-dealkylation sites (tertiary alicyclic amines) is 1. The van der Waals surface area contributed by atoms with Gasteiger partial charge in [0, 0.05) is 32.7 Å². The van der Waals surface area contributed by atoms with Crippen LogP contribution in [0.5, 0.6) is 0 Å². The molecule has 0 atom stereocenters. The van der Waals surface area contributed by atoms with E-state index in [0.717, 1.165) is 31.2 Å². The quantitative estimate of drug-likeness (QED) is 0.281. The molecule has 1 heterocycles. The van der Waals surface area contributed by atoms with Crippen LogP contribution >= 0.6 is 24.0 Å². The van der Waals surface area contributed by atoms with Crippen molar-refractivity contribution in [1.82, 2.24) is 19.8 Å². The fourth-order valence-corrected chi connectivity index (χ4v) is 4.61. The summed E-state index contributed by atoms with van der Waals surface area (Å²) in [6.07, 6.45) is 3.95. The highest BCUT2D eigenvalue weighted by Gasteiger charge is 2.22. The van der Waals surface area contributed by atoms with Gasteiger partial charge in [0.1, 0.15) is 0 Å². The minimum atomic E-state index is -3.45. The van der Waals surface area contributed by atoms with Crippen molar-refractivity contribution in [2.24, 2.45) is 4.99 Å². The molecule has 30 heavy (non-hydrogen) atoms. The average molecular weight is 552 g/mol. The fraction of sp³-hybridized carbons (Fsp3) is 0.667. The second kappa shape index (κ2) is 13.5. The summed E-state index contributed by atoms with van der Waals surface area (Å²) in [6, 6.07) is 6.91. The van der Waals surface area contributed by atoms with Crippen LogP contribution in [-0.4, -0.2) is 69.4 Å². The predicted molar refractivity (Wildman–Crippen MR) is 135 cm³/mol. The van der Waals surface area contributed by atoms with Crippen LogP contribution in [0.3, 0.4) is 0 Å². The number of guanidine groups is 1. The number of nitrogens with one attached hydrogen (secondary N) is 2. The highest BCUT2D eigenvalue weighted by molar-refractivity contribution is 14.0. The highest BCUT2D eigenvalue weighted by Crippen LogP contribution is 2.17. The number of aliphatic imine (C=N–C) groups is 1. The SMILES string of the molecule is CCNC(=NCc1ccc(S(=O)(=O)N(C)C(C)C)cc1)NCCN1CCCCC1.I. The third kappa shape index (κ3) is 8.32. The second-order valence-electron chi connectivity index (χ2n) is 7.78. The number of hydrogen-bond acceptors (Lipinski definition) is 4. The van der Waals surface area contributed by atoms with Crippen LogP contribution < -0.4 is 10.6 Å². The third-order valence-corrected chi connectivity index (χ3v) is 7.31. The van der Waals surface area contributed by atoms with Crippen LogP contribution in [0.25, 0.3) is 0 Å². The number of hydrogen-bond donors (Lipinski definition) is 2. The van der Waals surface area contributed by atoms with Gasteiger partial charge in [-0.3, -0.25) is 0 Å². The lowest BCUT2D eigenvalue weighted by molar-refractivity contribution is 0.232. The van der Waals surface area contributed by atoms with Crippen molar-refractivity contribution in [3.8, 4) is 0 Å². The van der Waals surface area contributed by atoms with E-state index in [-0.39, 0.29) is 30.0 Å². The first-order chi connectivity index (χ1) is 13.8. The fourth-order valence-electron chi connectivity index (χ4n) is 3.24. The van der Waals surface area contributed by atoms with Crippen molar-refractivity contribution in [2.45, 2.75) is 57.5 Å². The molecule has 9 heteroatoms. The van der Waals surface area contributed by atoms with Gasteiger partial charge in [-0.1, -0.05) is 18.6 Å². The molecule has 0 spiro atoms. The Kier molecular flexibility index (Phi) is 12.2. The van der Waals surface area contributed by atoms with Gasteiger partial charge < -0.3 is 15.5 Å². The van der Waals surface area contributed by atoms with E-state index in [2.05, 4.69) is 20.5 Å². The molecular formula is C21H38IN5O2S. The van der Waals surface area contributed by atoms with Gasteiger partial charge in [-0.25, -0.2) is 13.4 Å². The number of rotatable bonds is 9.